The van der Waals surface area contributed by atoms with Gasteiger partial charge in [0.05, 0.1) is 6.61 Å². The third kappa shape index (κ3) is 4.46. The molecule has 1 aromatic heterocycles. The highest BCUT2D eigenvalue weighted by molar-refractivity contribution is 5.47. The van der Waals surface area contributed by atoms with Gasteiger partial charge >= 0.3 is 0 Å². The lowest BCUT2D eigenvalue weighted by Crippen LogP contribution is -2.37. The van der Waals surface area contributed by atoms with Crippen molar-refractivity contribution in [3.05, 3.63) is 11.9 Å². The SMILES string of the molecule is CCCc1nc(NC)cc(NCC(C)(O)CO)n1. The third-order valence-electron chi connectivity index (χ3n) is 2.49. The van der Waals surface area contributed by atoms with Gasteiger partial charge in [-0.15, -0.1) is 0 Å². The maximum atomic E-state index is 9.71. The molecule has 0 aliphatic heterocycles. The Balaban J connectivity index is 2.78. The number of hydrogen-bond donors (Lipinski definition) is 4. The van der Waals surface area contributed by atoms with E-state index in [-0.39, 0.29) is 13.2 Å². The van der Waals surface area contributed by atoms with Crippen molar-refractivity contribution in [3.63, 3.8) is 0 Å². The molecule has 0 aliphatic rings. The molecule has 4 N–H and O–H groups in total. The van der Waals surface area contributed by atoms with Gasteiger partial charge in [0.1, 0.15) is 23.1 Å². The molecule has 0 radical (unpaired) electrons. The molecule has 0 bridgehead atoms. The number of aromatic nitrogens is 2. The molecular weight excluding hydrogens is 232 g/mol. The van der Waals surface area contributed by atoms with Gasteiger partial charge < -0.3 is 20.8 Å². The van der Waals surface area contributed by atoms with Crippen LogP contribution in [-0.4, -0.2) is 46.0 Å². The van der Waals surface area contributed by atoms with Gasteiger partial charge in [-0.3, -0.25) is 0 Å². The molecule has 0 saturated carbocycles. The van der Waals surface area contributed by atoms with Crippen molar-refractivity contribution in [1.29, 1.82) is 0 Å². The largest absolute Gasteiger partial charge is 0.393 e. The highest BCUT2D eigenvalue weighted by Gasteiger charge is 2.18. The van der Waals surface area contributed by atoms with Crippen LogP contribution in [0.5, 0.6) is 0 Å². The lowest BCUT2D eigenvalue weighted by atomic mass is 10.1. The van der Waals surface area contributed by atoms with E-state index in [0.717, 1.165) is 24.5 Å². The zero-order valence-corrected chi connectivity index (χ0v) is 11.2. The van der Waals surface area contributed by atoms with Gasteiger partial charge in [0.15, 0.2) is 0 Å². The van der Waals surface area contributed by atoms with Crippen molar-refractivity contribution >= 4 is 11.6 Å². The van der Waals surface area contributed by atoms with Crippen LogP contribution in [0.4, 0.5) is 11.6 Å². The first-order chi connectivity index (χ1) is 8.50. The zero-order chi connectivity index (χ0) is 13.6. The first kappa shape index (κ1) is 14.7. The minimum atomic E-state index is -1.16. The second-order valence-electron chi connectivity index (χ2n) is 4.56. The van der Waals surface area contributed by atoms with Crippen LogP contribution in [0.2, 0.25) is 0 Å². The second kappa shape index (κ2) is 6.51. The summed E-state index contributed by atoms with van der Waals surface area (Å²) in [6.45, 7) is 3.56. The summed E-state index contributed by atoms with van der Waals surface area (Å²) in [6, 6.07) is 1.77. The first-order valence-electron chi connectivity index (χ1n) is 6.13. The van der Waals surface area contributed by atoms with E-state index in [9.17, 15) is 5.11 Å². The maximum Gasteiger partial charge on any atom is 0.133 e. The van der Waals surface area contributed by atoms with Gasteiger partial charge in [0.2, 0.25) is 0 Å². The van der Waals surface area contributed by atoms with Crippen LogP contribution in [-0.2, 0) is 6.42 Å². The number of hydrogen-bond acceptors (Lipinski definition) is 6. The van der Waals surface area contributed by atoms with Gasteiger partial charge in [-0.25, -0.2) is 9.97 Å². The first-order valence-corrected chi connectivity index (χ1v) is 6.13. The fraction of sp³-hybridized carbons (Fsp3) is 0.667. The monoisotopic (exact) mass is 254 g/mol. The van der Waals surface area contributed by atoms with Gasteiger partial charge in [0, 0.05) is 26.1 Å². The van der Waals surface area contributed by atoms with E-state index in [2.05, 4.69) is 27.5 Å². The Morgan fingerprint density at radius 1 is 1.33 bits per heavy atom. The molecule has 0 saturated heterocycles. The van der Waals surface area contributed by atoms with E-state index in [4.69, 9.17) is 5.11 Å². The van der Waals surface area contributed by atoms with E-state index in [1.165, 1.54) is 0 Å². The summed E-state index contributed by atoms with van der Waals surface area (Å²) < 4.78 is 0. The van der Waals surface area contributed by atoms with Crippen LogP contribution < -0.4 is 10.6 Å². The summed E-state index contributed by atoms with van der Waals surface area (Å²) in [6.07, 6.45) is 1.78. The average molecular weight is 254 g/mol. The molecule has 1 aromatic rings. The Hall–Kier alpha value is -1.40. The Labute approximate surface area is 107 Å². The molecule has 0 aliphatic carbocycles. The second-order valence-corrected chi connectivity index (χ2v) is 4.56. The van der Waals surface area contributed by atoms with Crippen molar-refractivity contribution in [2.45, 2.75) is 32.3 Å². The summed E-state index contributed by atoms with van der Waals surface area (Å²) in [4.78, 5) is 8.69. The Kier molecular flexibility index (Phi) is 5.30. The number of aliphatic hydroxyl groups excluding tert-OH is 1. The molecule has 1 unspecified atom stereocenters. The van der Waals surface area contributed by atoms with Crippen LogP contribution >= 0.6 is 0 Å². The summed E-state index contributed by atoms with van der Waals surface area (Å²) in [7, 11) is 1.80. The van der Waals surface area contributed by atoms with Crippen molar-refractivity contribution < 1.29 is 10.2 Å². The molecule has 6 nitrogen and oxygen atoms in total. The van der Waals surface area contributed by atoms with Crippen molar-refractivity contribution in [2.75, 3.05) is 30.8 Å². The maximum absolute atomic E-state index is 9.71. The molecule has 0 amide bonds. The van der Waals surface area contributed by atoms with Crippen LogP contribution in [0.1, 0.15) is 26.1 Å². The predicted octanol–water partition coefficient (Wildman–Crippen LogP) is 0.626. The number of rotatable bonds is 7. The molecule has 1 atom stereocenters. The number of aryl methyl sites for hydroxylation is 1. The van der Waals surface area contributed by atoms with Crippen molar-refractivity contribution in [3.8, 4) is 0 Å². The highest BCUT2D eigenvalue weighted by atomic mass is 16.3. The van der Waals surface area contributed by atoms with E-state index in [0.29, 0.717) is 5.82 Å². The van der Waals surface area contributed by atoms with Crippen LogP contribution in [0.25, 0.3) is 0 Å². The molecule has 102 valence electrons. The van der Waals surface area contributed by atoms with E-state index in [1.807, 2.05) is 0 Å². The predicted molar refractivity (Wildman–Crippen MR) is 71.8 cm³/mol. The molecule has 6 heteroatoms. The molecule has 0 spiro atoms. The Bertz CT molecular complexity index is 382. The number of anilines is 2. The minimum Gasteiger partial charge on any atom is -0.393 e. The lowest BCUT2D eigenvalue weighted by molar-refractivity contribution is 0.0131. The van der Waals surface area contributed by atoms with Crippen molar-refractivity contribution in [1.82, 2.24) is 9.97 Å². The number of aliphatic hydroxyl groups is 2. The zero-order valence-electron chi connectivity index (χ0n) is 11.2. The molecule has 1 heterocycles. The quantitative estimate of drug-likeness (QED) is 0.570. The molecule has 0 fully saturated rings. The summed E-state index contributed by atoms with van der Waals surface area (Å²) in [5, 5.41) is 24.7. The Morgan fingerprint density at radius 3 is 2.56 bits per heavy atom. The topological polar surface area (TPSA) is 90.3 Å². The van der Waals surface area contributed by atoms with E-state index >= 15 is 0 Å². The summed E-state index contributed by atoms with van der Waals surface area (Å²) in [5.41, 5.74) is -1.16. The van der Waals surface area contributed by atoms with Gasteiger partial charge in [-0.05, 0) is 13.3 Å². The summed E-state index contributed by atoms with van der Waals surface area (Å²) >= 11 is 0. The lowest BCUT2D eigenvalue weighted by Gasteiger charge is -2.21. The molecule has 1 rings (SSSR count). The Morgan fingerprint density at radius 2 is 2.00 bits per heavy atom. The average Bonchev–Trinajstić information content (AvgIpc) is 2.37. The number of nitrogens with zero attached hydrogens (tertiary/aromatic N) is 2. The molecular formula is C12H22N4O2. The smallest absolute Gasteiger partial charge is 0.133 e. The third-order valence-corrected chi connectivity index (χ3v) is 2.49. The van der Waals surface area contributed by atoms with E-state index in [1.54, 1.807) is 20.0 Å². The van der Waals surface area contributed by atoms with Gasteiger partial charge in [-0.2, -0.15) is 0 Å². The minimum absolute atomic E-state index is 0.231. The van der Waals surface area contributed by atoms with Crippen LogP contribution in [0.15, 0.2) is 6.07 Å². The fourth-order valence-corrected chi connectivity index (χ4v) is 1.39. The fourth-order valence-electron chi connectivity index (χ4n) is 1.39. The number of nitrogens with one attached hydrogen (secondary N) is 2. The summed E-state index contributed by atoms with van der Waals surface area (Å²) in [5.74, 6) is 2.14. The van der Waals surface area contributed by atoms with Gasteiger partial charge in [0.25, 0.3) is 0 Å². The van der Waals surface area contributed by atoms with Gasteiger partial charge in [-0.1, -0.05) is 6.92 Å². The van der Waals surface area contributed by atoms with Crippen molar-refractivity contribution in [2.24, 2.45) is 0 Å². The van der Waals surface area contributed by atoms with Crippen LogP contribution in [0.3, 0.4) is 0 Å². The molecule has 18 heavy (non-hydrogen) atoms. The van der Waals surface area contributed by atoms with E-state index < -0.39 is 5.60 Å². The van der Waals surface area contributed by atoms with Crippen LogP contribution in [0, 0.1) is 0 Å². The highest BCUT2D eigenvalue weighted by Crippen LogP contribution is 2.13. The normalized spacial score (nSPS) is 14.1. The standard InChI is InChI=1S/C12H22N4O2/c1-4-5-9-15-10(13-3)6-11(16-9)14-7-12(2,18)8-17/h6,17-18H,4-5,7-8H2,1-3H3,(H2,13,14,15,16). The molecule has 0 aromatic carbocycles.